The highest BCUT2D eigenvalue weighted by Gasteiger charge is 2.62. The van der Waals surface area contributed by atoms with E-state index in [1.807, 2.05) is 0 Å². The number of para-hydroxylation sites is 1. The summed E-state index contributed by atoms with van der Waals surface area (Å²) >= 11 is 0. The van der Waals surface area contributed by atoms with E-state index in [1.165, 1.54) is 72.1 Å². The Morgan fingerprint density at radius 1 is 0.462 bits per heavy atom. The monoisotopic (exact) mass is 667 g/mol. The van der Waals surface area contributed by atoms with Crippen molar-refractivity contribution in [3.05, 3.63) is 231 Å². The Morgan fingerprint density at radius 2 is 1.10 bits per heavy atom. The Kier molecular flexibility index (Phi) is 6.86. The van der Waals surface area contributed by atoms with Gasteiger partial charge in [-0.15, -0.1) is 0 Å². The average Bonchev–Trinajstić information content (AvgIpc) is 3.19. The first-order valence-electron chi connectivity index (χ1n) is 18.7. The first kappa shape index (κ1) is 30.9. The molecule has 0 radical (unpaired) electrons. The van der Waals surface area contributed by atoms with Crippen LogP contribution in [0.2, 0.25) is 0 Å². The second kappa shape index (κ2) is 11.6. The van der Waals surface area contributed by atoms with Gasteiger partial charge in [0.05, 0.1) is 10.8 Å². The second-order valence-electron chi connectivity index (χ2n) is 14.9. The molecule has 0 spiro atoms. The minimum absolute atomic E-state index is 0.437. The molecule has 0 saturated heterocycles. The lowest BCUT2D eigenvalue weighted by Gasteiger charge is -2.60. The van der Waals surface area contributed by atoms with Crippen molar-refractivity contribution in [3.8, 4) is 0 Å². The SMILES string of the molecule is CC1=CCCC2=C1C1(c3ccccc3)c3c(C)cccc3C2(c2ccccc2)c2cc(N(c3ccccc3)c3ccc4ccccc4c3)cc(C)c21. The molecule has 7 aromatic rings. The number of allylic oxidation sites excluding steroid dienone is 4. The van der Waals surface area contributed by atoms with E-state index in [-0.39, 0.29) is 0 Å². The molecular weight excluding hydrogens is 627 g/mol. The summed E-state index contributed by atoms with van der Waals surface area (Å²) in [6.07, 6.45) is 4.58. The van der Waals surface area contributed by atoms with Crippen molar-refractivity contribution in [1.82, 2.24) is 0 Å². The molecule has 0 aliphatic heterocycles. The minimum Gasteiger partial charge on any atom is -0.310 e. The van der Waals surface area contributed by atoms with Crippen molar-refractivity contribution in [2.75, 3.05) is 4.90 Å². The molecule has 2 atom stereocenters. The summed E-state index contributed by atoms with van der Waals surface area (Å²) in [7, 11) is 0. The Hall–Kier alpha value is -5.92. The van der Waals surface area contributed by atoms with Crippen LogP contribution in [0.1, 0.15) is 64.3 Å². The zero-order valence-corrected chi connectivity index (χ0v) is 30.0. The minimum atomic E-state index is -0.439. The number of rotatable bonds is 5. The summed E-state index contributed by atoms with van der Waals surface area (Å²) in [5.74, 6) is 0. The zero-order valence-electron chi connectivity index (χ0n) is 30.0. The van der Waals surface area contributed by atoms with Crippen LogP contribution in [0.15, 0.2) is 187 Å². The number of hydrogen-bond acceptors (Lipinski definition) is 1. The largest absolute Gasteiger partial charge is 0.310 e. The predicted octanol–water partition coefficient (Wildman–Crippen LogP) is 13.0. The Labute approximate surface area is 307 Å². The summed E-state index contributed by atoms with van der Waals surface area (Å²) < 4.78 is 0. The average molecular weight is 668 g/mol. The molecule has 1 nitrogen and oxygen atoms in total. The molecule has 52 heavy (non-hydrogen) atoms. The summed E-state index contributed by atoms with van der Waals surface area (Å²) in [6, 6.07) is 61.4. The number of anilines is 3. The van der Waals surface area contributed by atoms with E-state index in [1.54, 1.807) is 5.57 Å². The summed E-state index contributed by atoms with van der Waals surface area (Å²) in [5, 5.41) is 2.49. The van der Waals surface area contributed by atoms with Crippen molar-refractivity contribution >= 4 is 27.8 Å². The molecule has 2 bridgehead atoms. The van der Waals surface area contributed by atoms with Gasteiger partial charge in [-0.25, -0.2) is 0 Å². The fourth-order valence-corrected chi connectivity index (χ4v) is 10.4. The van der Waals surface area contributed by atoms with Gasteiger partial charge in [0.1, 0.15) is 0 Å². The molecule has 4 aliphatic carbocycles. The normalized spacial score (nSPS) is 19.9. The fourth-order valence-electron chi connectivity index (χ4n) is 10.4. The van der Waals surface area contributed by atoms with Gasteiger partial charge < -0.3 is 4.90 Å². The van der Waals surface area contributed by atoms with Gasteiger partial charge in [-0.3, -0.25) is 0 Å². The Morgan fingerprint density at radius 3 is 1.83 bits per heavy atom. The van der Waals surface area contributed by atoms with Crippen LogP contribution in [0.3, 0.4) is 0 Å². The Balaban J connectivity index is 1.38. The van der Waals surface area contributed by atoms with E-state index in [9.17, 15) is 0 Å². The summed E-state index contributed by atoms with van der Waals surface area (Å²) in [4.78, 5) is 2.47. The second-order valence-corrected chi connectivity index (χ2v) is 14.9. The molecule has 7 aromatic carbocycles. The number of nitrogens with zero attached hydrogens (tertiary/aromatic N) is 1. The Bertz CT molecular complexity index is 2590. The molecule has 0 fully saturated rings. The third kappa shape index (κ3) is 4.05. The van der Waals surface area contributed by atoms with Gasteiger partial charge in [-0.1, -0.05) is 139 Å². The van der Waals surface area contributed by atoms with E-state index in [0.717, 1.165) is 24.2 Å². The molecule has 11 rings (SSSR count). The first-order valence-corrected chi connectivity index (χ1v) is 18.7. The van der Waals surface area contributed by atoms with Crippen LogP contribution in [-0.2, 0) is 10.8 Å². The molecule has 0 aromatic heterocycles. The van der Waals surface area contributed by atoms with Crippen LogP contribution in [-0.4, -0.2) is 0 Å². The molecule has 4 aliphatic rings. The van der Waals surface area contributed by atoms with Crippen LogP contribution in [0.5, 0.6) is 0 Å². The third-order valence-electron chi connectivity index (χ3n) is 12.2. The van der Waals surface area contributed by atoms with Crippen LogP contribution < -0.4 is 4.90 Å². The lowest BCUT2D eigenvalue weighted by Crippen LogP contribution is -2.54. The maximum atomic E-state index is 2.57. The maximum absolute atomic E-state index is 2.57. The third-order valence-corrected chi connectivity index (χ3v) is 12.2. The van der Waals surface area contributed by atoms with Gasteiger partial charge >= 0.3 is 0 Å². The van der Waals surface area contributed by atoms with Crippen molar-refractivity contribution in [1.29, 1.82) is 0 Å². The first-order chi connectivity index (χ1) is 25.5. The lowest BCUT2D eigenvalue weighted by molar-refractivity contribution is 0.514. The van der Waals surface area contributed by atoms with Gasteiger partial charge in [-0.2, -0.15) is 0 Å². The number of aryl methyl sites for hydroxylation is 2. The van der Waals surface area contributed by atoms with Crippen molar-refractivity contribution in [3.63, 3.8) is 0 Å². The topological polar surface area (TPSA) is 3.24 Å². The molecule has 1 heteroatoms. The van der Waals surface area contributed by atoms with Crippen LogP contribution in [0, 0.1) is 13.8 Å². The van der Waals surface area contributed by atoms with Gasteiger partial charge in [0.15, 0.2) is 0 Å². The quantitative estimate of drug-likeness (QED) is 0.177. The highest BCUT2D eigenvalue weighted by atomic mass is 15.1. The van der Waals surface area contributed by atoms with Gasteiger partial charge in [0.25, 0.3) is 0 Å². The molecule has 0 amide bonds. The fraction of sp³-hybridized carbons (Fsp3) is 0.137. The molecule has 0 heterocycles. The molecular formula is C51H41N. The van der Waals surface area contributed by atoms with Gasteiger partial charge in [0.2, 0.25) is 0 Å². The van der Waals surface area contributed by atoms with Crippen LogP contribution in [0.4, 0.5) is 17.1 Å². The molecule has 0 saturated carbocycles. The standard InChI is InChI=1S/C51H41N/c1-34-17-15-27-44-47(34)51(40-23-9-5-10-24-40)48-35(2)18-16-28-45(48)50(44,39-21-7-4-8-22-39)46-33-43(31-36(3)49(46)51)52(41-25-11-6-12-26-41)42-30-29-37-19-13-14-20-38(37)32-42/h4-15,17-27,29-33H,16,28H2,1-3H3. The van der Waals surface area contributed by atoms with Crippen LogP contribution >= 0.6 is 0 Å². The highest BCUT2D eigenvalue weighted by molar-refractivity contribution is 5.91. The van der Waals surface area contributed by atoms with Gasteiger partial charge in [-0.05, 0) is 136 Å². The number of fused-ring (bicyclic) bond motifs is 1. The maximum Gasteiger partial charge on any atom is 0.0715 e. The summed E-state index contributed by atoms with van der Waals surface area (Å²) in [6.45, 7) is 7.08. The van der Waals surface area contributed by atoms with Crippen molar-refractivity contribution in [2.24, 2.45) is 0 Å². The molecule has 0 N–H and O–H groups in total. The highest BCUT2D eigenvalue weighted by Crippen LogP contribution is 2.70. The van der Waals surface area contributed by atoms with Crippen LogP contribution in [0.25, 0.3) is 10.8 Å². The van der Waals surface area contributed by atoms with E-state index in [0.29, 0.717) is 0 Å². The van der Waals surface area contributed by atoms with E-state index >= 15 is 0 Å². The molecule has 250 valence electrons. The van der Waals surface area contributed by atoms with Crippen molar-refractivity contribution < 1.29 is 0 Å². The van der Waals surface area contributed by atoms with E-state index in [2.05, 4.69) is 196 Å². The zero-order chi connectivity index (χ0) is 35.0. The number of benzene rings is 7. The van der Waals surface area contributed by atoms with E-state index < -0.39 is 10.8 Å². The smallest absolute Gasteiger partial charge is 0.0715 e. The molecule has 2 unspecified atom stereocenters. The van der Waals surface area contributed by atoms with Crippen molar-refractivity contribution in [2.45, 2.75) is 44.4 Å². The van der Waals surface area contributed by atoms with E-state index in [4.69, 9.17) is 0 Å². The summed E-state index contributed by atoms with van der Waals surface area (Å²) in [5.41, 5.74) is 18.2. The van der Waals surface area contributed by atoms with Gasteiger partial charge in [0, 0.05) is 17.1 Å². The predicted molar refractivity (Wildman–Crippen MR) is 217 cm³/mol. The lowest BCUT2D eigenvalue weighted by atomic mass is 9.41. The number of hydrogen-bond donors (Lipinski definition) is 0.